The Labute approximate surface area is 168 Å². The molecule has 0 saturated carbocycles. The van der Waals surface area contributed by atoms with Crippen molar-refractivity contribution in [2.45, 2.75) is 52.2 Å². The smallest absolute Gasteiger partial charge is 0.199 e. The SMILES string of the molecule is C1=COCCC1.Cc1ccc(O)cc1.Cc1ccc(OC2CCCCO2)cc1. The number of ether oxygens (including phenoxy) is 3. The second kappa shape index (κ2) is 12.8. The predicted octanol–water partition coefficient (Wildman–Crippen LogP) is 5.91. The average molecular weight is 385 g/mol. The number of hydrogen-bond donors (Lipinski definition) is 1. The molecule has 1 N–H and O–H groups in total. The highest BCUT2D eigenvalue weighted by atomic mass is 16.7. The van der Waals surface area contributed by atoms with E-state index in [0.717, 1.165) is 31.8 Å². The number of rotatable bonds is 2. The highest BCUT2D eigenvalue weighted by molar-refractivity contribution is 5.26. The van der Waals surface area contributed by atoms with Crippen molar-refractivity contribution in [2.75, 3.05) is 13.2 Å². The zero-order valence-corrected chi connectivity index (χ0v) is 17.0. The molecule has 1 fully saturated rings. The van der Waals surface area contributed by atoms with Crippen LogP contribution in [0.5, 0.6) is 11.5 Å². The minimum atomic E-state index is -0.0357. The quantitative estimate of drug-likeness (QED) is 0.699. The number of benzene rings is 2. The Hall–Kier alpha value is -2.46. The maximum atomic E-state index is 8.76. The van der Waals surface area contributed by atoms with Gasteiger partial charge in [0.15, 0.2) is 6.29 Å². The van der Waals surface area contributed by atoms with E-state index in [9.17, 15) is 0 Å². The molecule has 0 aliphatic carbocycles. The highest BCUT2D eigenvalue weighted by Gasteiger charge is 2.14. The van der Waals surface area contributed by atoms with Gasteiger partial charge >= 0.3 is 0 Å². The second-order valence-electron chi connectivity index (χ2n) is 6.95. The summed E-state index contributed by atoms with van der Waals surface area (Å²) in [6.45, 7) is 5.80. The normalized spacial score (nSPS) is 17.9. The van der Waals surface area contributed by atoms with Crippen LogP contribution in [-0.2, 0) is 9.47 Å². The van der Waals surface area contributed by atoms with Gasteiger partial charge in [0.25, 0.3) is 0 Å². The summed E-state index contributed by atoms with van der Waals surface area (Å²) in [5.74, 6) is 1.23. The van der Waals surface area contributed by atoms with Gasteiger partial charge in [0.1, 0.15) is 11.5 Å². The Balaban J connectivity index is 0.000000169. The van der Waals surface area contributed by atoms with E-state index >= 15 is 0 Å². The first kappa shape index (κ1) is 21.8. The lowest BCUT2D eigenvalue weighted by molar-refractivity contribution is -0.105. The number of hydrogen-bond acceptors (Lipinski definition) is 4. The van der Waals surface area contributed by atoms with Crippen LogP contribution in [0.4, 0.5) is 0 Å². The van der Waals surface area contributed by atoms with Crippen LogP contribution in [0.15, 0.2) is 60.9 Å². The Morgan fingerprint density at radius 3 is 1.96 bits per heavy atom. The molecule has 1 saturated heterocycles. The summed E-state index contributed by atoms with van der Waals surface area (Å²) >= 11 is 0. The van der Waals surface area contributed by atoms with Crippen molar-refractivity contribution >= 4 is 0 Å². The molecular formula is C24H32O4. The summed E-state index contributed by atoms with van der Waals surface area (Å²) < 4.78 is 16.1. The van der Waals surface area contributed by atoms with Gasteiger partial charge in [-0.1, -0.05) is 35.4 Å². The molecule has 4 heteroatoms. The van der Waals surface area contributed by atoms with Gasteiger partial charge < -0.3 is 19.3 Å². The van der Waals surface area contributed by atoms with Gasteiger partial charge in [0.2, 0.25) is 0 Å². The van der Waals surface area contributed by atoms with Crippen LogP contribution in [0.1, 0.15) is 43.2 Å². The van der Waals surface area contributed by atoms with E-state index < -0.39 is 0 Å². The standard InChI is InChI=1S/C12H16O2.C7H8O.C5H8O/c1-10-5-7-11(8-6-10)14-12-4-2-3-9-13-12;1-6-2-4-7(8)5-3-6;1-2-4-6-5-3-1/h5-8,12H,2-4,9H2,1H3;2-5,8H,1H3;2,4H,1,3,5H2. The summed E-state index contributed by atoms with van der Waals surface area (Å²) in [5.41, 5.74) is 2.42. The minimum absolute atomic E-state index is 0.0357. The van der Waals surface area contributed by atoms with E-state index in [4.69, 9.17) is 19.3 Å². The van der Waals surface area contributed by atoms with Crippen LogP contribution in [-0.4, -0.2) is 24.6 Å². The van der Waals surface area contributed by atoms with Gasteiger partial charge in [-0.25, -0.2) is 0 Å². The lowest BCUT2D eigenvalue weighted by atomic mass is 10.2. The van der Waals surface area contributed by atoms with Crippen molar-refractivity contribution in [2.24, 2.45) is 0 Å². The summed E-state index contributed by atoms with van der Waals surface area (Å²) in [5, 5.41) is 8.76. The van der Waals surface area contributed by atoms with Gasteiger partial charge in [0, 0.05) is 6.42 Å². The van der Waals surface area contributed by atoms with Gasteiger partial charge in [-0.3, -0.25) is 0 Å². The highest BCUT2D eigenvalue weighted by Crippen LogP contribution is 2.19. The van der Waals surface area contributed by atoms with Crippen LogP contribution in [0.25, 0.3) is 0 Å². The van der Waals surface area contributed by atoms with Crippen LogP contribution in [0.2, 0.25) is 0 Å². The molecule has 2 aliphatic heterocycles. The zero-order chi connectivity index (χ0) is 20.0. The van der Waals surface area contributed by atoms with Crippen molar-refractivity contribution in [1.29, 1.82) is 0 Å². The number of phenols is 1. The fourth-order valence-electron chi connectivity index (χ4n) is 2.61. The Kier molecular flexibility index (Phi) is 10.0. The molecule has 152 valence electrons. The van der Waals surface area contributed by atoms with Crippen LogP contribution < -0.4 is 4.74 Å². The van der Waals surface area contributed by atoms with E-state index in [1.165, 1.54) is 30.4 Å². The number of aryl methyl sites for hydroxylation is 2. The third kappa shape index (κ3) is 9.47. The second-order valence-corrected chi connectivity index (χ2v) is 6.95. The molecule has 4 nitrogen and oxygen atoms in total. The molecule has 0 bridgehead atoms. The molecule has 0 amide bonds. The molecule has 0 spiro atoms. The molecule has 1 atom stereocenters. The van der Waals surface area contributed by atoms with Gasteiger partial charge in [-0.2, -0.15) is 0 Å². The van der Waals surface area contributed by atoms with Crippen LogP contribution in [0, 0.1) is 13.8 Å². The number of aromatic hydroxyl groups is 1. The first-order valence-electron chi connectivity index (χ1n) is 10.0. The van der Waals surface area contributed by atoms with Gasteiger partial charge in [0.05, 0.1) is 19.5 Å². The van der Waals surface area contributed by atoms with E-state index in [-0.39, 0.29) is 6.29 Å². The molecule has 2 heterocycles. The Morgan fingerprint density at radius 1 is 0.857 bits per heavy atom. The lowest BCUT2D eigenvalue weighted by Crippen LogP contribution is -2.24. The fourth-order valence-corrected chi connectivity index (χ4v) is 2.61. The largest absolute Gasteiger partial charge is 0.508 e. The van der Waals surface area contributed by atoms with E-state index in [1.54, 1.807) is 18.4 Å². The molecule has 2 aromatic carbocycles. The summed E-state index contributed by atoms with van der Waals surface area (Å²) in [6.07, 6.45) is 9.54. The van der Waals surface area contributed by atoms with Gasteiger partial charge in [-0.15, -0.1) is 0 Å². The fraction of sp³-hybridized carbons (Fsp3) is 0.417. The van der Waals surface area contributed by atoms with Gasteiger partial charge in [-0.05, 0) is 69.9 Å². The minimum Gasteiger partial charge on any atom is -0.508 e. The van der Waals surface area contributed by atoms with Crippen molar-refractivity contribution in [1.82, 2.24) is 0 Å². The molecule has 1 unspecified atom stereocenters. The first-order chi connectivity index (χ1) is 13.6. The first-order valence-corrected chi connectivity index (χ1v) is 10.0. The lowest BCUT2D eigenvalue weighted by Gasteiger charge is -2.23. The molecule has 0 radical (unpaired) electrons. The molecule has 4 rings (SSSR count). The number of phenolic OH excluding ortho intramolecular Hbond substituents is 1. The van der Waals surface area contributed by atoms with E-state index in [0.29, 0.717) is 5.75 Å². The van der Waals surface area contributed by atoms with Crippen molar-refractivity contribution in [3.63, 3.8) is 0 Å². The molecule has 2 aliphatic rings. The van der Waals surface area contributed by atoms with Crippen LogP contribution in [0.3, 0.4) is 0 Å². The molecular weight excluding hydrogens is 352 g/mol. The monoisotopic (exact) mass is 384 g/mol. The molecule has 0 aromatic heterocycles. The topological polar surface area (TPSA) is 47.9 Å². The maximum Gasteiger partial charge on any atom is 0.199 e. The van der Waals surface area contributed by atoms with Crippen LogP contribution >= 0.6 is 0 Å². The van der Waals surface area contributed by atoms with Crippen molar-refractivity contribution in [3.8, 4) is 11.5 Å². The molecule has 2 aromatic rings. The summed E-state index contributed by atoms with van der Waals surface area (Å²) in [4.78, 5) is 0. The number of allylic oxidation sites excluding steroid dienone is 1. The Bertz CT molecular complexity index is 642. The summed E-state index contributed by atoms with van der Waals surface area (Å²) in [7, 11) is 0. The zero-order valence-electron chi connectivity index (χ0n) is 17.0. The molecule has 28 heavy (non-hydrogen) atoms. The Morgan fingerprint density at radius 2 is 1.54 bits per heavy atom. The maximum absolute atomic E-state index is 8.76. The third-order valence-electron chi connectivity index (χ3n) is 4.29. The van der Waals surface area contributed by atoms with E-state index in [1.807, 2.05) is 37.3 Å². The summed E-state index contributed by atoms with van der Waals surface area (Å²) in [6, 6.07) is 15.2. The average Bonchev–Trinajstić information content (AvgIpc) is 2.75. The van der Waals surface area contributed by atoms with E-state index in [2.05, 4.69) is 19.1 Å². The predicted molar refractivity (Wildman–Crippen MR) is 113 cm³/mol. The third-order valence-corrected chi connectivity index (χ3v) is 4.29. The van der Waals surface area contributed by atoms with Crippen molar-refractivity contribution < 1.29 is 19.3 Å². The van der Waals surface area contributed by atoms with Crippen molar-refractivity contribution in [3.05, 3.63) is 72.0 Å².